The van der Waals surface area contributed by atoms with E-state index in [-0.39, 0.29) is 35.4 Å². The largest absolute Gasteiger partial charge is 0.482 e. The molecule has 1 fully saturated rings. The van der Waals surface area contributed by atoms with Crippen molar-refractivity contribution in [3.8, 4) is 5.75 Å². The van der Waals surface area contributed by atoms with Crippen molar-refractivity contribution in [1.82, 2.24) is 0 Å². The third kappa shape index (κ3) is 3.56. The standard InChI is InChI=1S/C25H25NO4/c1-15-10-12-18(13-11-15)23(27)17(3)30-20-8-5-7-19(14-20)26-24(28)21-9-4-6-16(2)22(21)25(26)29/h4-8,10-14,16-17,21-22H,9H2,1-3H3/t16-,17+,21-,22-/m1/s1. The van der Waals surface area contributed by atoms with Gasteiger partial charge in [0.2, 0.25) is 17.6 Å². The maximum absolute atomic E-state index is 13.0. The van der Waals surface area contributed by atoms with E-state index in [4.69, 9.17) is 4.74 Å². The Morgan fingerprint density at radius 3 is 2.53 bits per heavy atom. The molecule has 2 amide bonds. The smallest absolute Gasteiger partial charge is 0.238 e. The summed E-state index contributed by atoms with van der Waals surface area (Å²) in [5.74, 6) is -0.582. The number of benzene rings is 2. The average Bonchev–Trinajstić information content (AvgIpc) is 2.99. The maximum Gasteiger partial charge on any atom is 0.238 e. The summed E-state index contributed by atoms with van der Waals surface area (Å²) in [6, 6.07) is 14.2. The summed E-state index contributed by atoms with van der Waals surface area (Å²) in [5.41, 5.74) is 2.15. The molecule has 1 heterocycles. The summed E-state index contributed by atoms with van der Waals surface area (Å²) in [6.07, 6.45) is 3.89. The highest BCUT2D eigenvalue weighted by molar-refractivity contribution is 6.22. The van der Waals surface area contributed by atoms with Crippen LogP contribution in [-0.2, 0) is 9.59 Å². The Morgan fingerprint density at radius 2 is 1.83 bits per heavy atom. The van der Waals surface area contributed by atoms with E-state index in [9.17, 15) is 14.4 Å². The van der Waals surface area contributed by atoms with Gasteiger partial charge in [0, 0.05) is 11.6 Å². The third-order valence-electron chi connectivity index (χ3n) is 5.97. The Labute approximate surface area is 176 Å². The molecule has 2 aromatic rings. The van der Waals surface area contributed by atoms with Crippen LogP contribution in [0.3, 0.4) is 0 Å². The molecule has 0 bridgehead atoms. The molecule has 0 aromatic heterocycles. The molecular weight excluding hydrogens is 378 g/mol. The molecule has 2 aliphatic rings. The predicted molar refractivity (Wildman–Crippen MR) is 114 cm³/mol. The molecule has 2 aromatic carbocycles. The number of carbonyl (C=O) groups is 3. The van der Waals surface area contributed by atoms with Crippen LogP contribution in [0.5, 0.6) is 5.75 Å². The van der Waals surface area contributed by atoms with E-state index >= 15 is 0 Å². The summed E-state index contributed by atoms with van der Waals surface area (Å²) in [5, 5.41) is 0. The van der Waals surface area contributed by atoms with Gasteiger partial charge in [0.15, 0.2) is 6.10 Å². The number of aryl methyl sites for hydroxylation is 1. The first-order valence-corrected chi connectivity index (χ1v) is 10.3. The number of ketones is 1. The van der Waals surface area contributed by atoms with Crippen molar-refractivity contribution < 1.29 is 19.1 Å². The van der Waals surface area contributed by atoms with Crippen molar-refractivity contribution in [2.45, 2.75) is 33.3 Å². The zero-order valence-corrected chi connectivity index (χ0v) is 17.4. The van der Waals surface area contributed by atoms with Gasteiger partial charge in [0.25, 0.3) is 0 Å². The van der Waals surface area contributed by atoms with Crippen molar-refractivity contribution in [3.05, 3.63) is 71.8 Å². The van der Waals surface area contributed by atoms with Crippen LogP contribution >= 0.6 is 0 Å². The van der Waals surface area contributed by atoms with Gasteiger partial charge in [-0.2, -0.15) is 0 Å². The van der Waals surface area contributed by atoms with Gasteiger partial charge < -0.3 is 4.74 Å². The minimum absolute atomic E-state index is 0.0387. The monoisotopic (exact) mass is 403 g/mol. The molecule has 5 nitrogen and oxygen atoms in total. The van der Waals surface area contributed by atoms with Gasteiger partial charge in [0.1, 0.15) is 5.75 Å². The number of fused-ring (bicyclic) bond motifs is 1. The first-order chi connectivity index (χ1) is 14.4. The fraction of sp³-hybridized carbons (Fsp3) is 0.320. The molecule has 154 valence electrons. The van der Waals surface area contributed by atoms with E-state index in [1.54, 1.807) is 43.3 Å². The number of imide groups is 1. The normalized spacial score (nSPS) is 24.0. The number of ether oxygens (including phenoxy) is 1. The summed E-state index contributed by atoms with van der Waals surface area (Å²) in [7, 11) is 0. The Kier molecular flexibility index (Phi) is 5.29. The maximum atomic E-state index is 13.0. The van der Waals surface area contributed by atoms with Gasteiger partial charge in [-0.15, -0.1) is 0 Å². The molecule has 4 atom stereocenters. The summed E-state index contributed by atoms with van der Waals surface area (Å²) >= 11 is 0. The molecular formula is C25H25NO4. The van der Waals surface area contributed by atoms with Gasteiger partial charge in [-0.3, -0.25) is 14.4 Å². The van der Waals surface area contributed by atoms with E-state index in [0.717, 1.165) is 5.56 Å². The molecule has 0 N–H and O–H groups in total. The lowest BCUT2D eigenvalue weighted by molar-refractivity contribution is -0.122. The van der Waals surface area contributed by atoms with Crippen LogP contribution in [0.4, 0.5) is 5.69 Å². The number of amides is 2. The highest BCUT2D eigenvalue weighted by Crippen LogP contribution is 2.41. The van der Waals surface area contributed by atoms with Gasteiger partial charge in [-0.05, 0) is 38.3 Å². The first-order valence-electron chi connectivity index (χ1n) is 10.3. The highest BCUT2D eigenvalue weighted by atomic mass is 16.5. The lowest BCUT2D eigenvalue weighted by atomic mass is 9.78. The summed E-state index contributed by atoms with van der Waals surface area (Å²) < 4.78 is 5.86. The van der Waals surface area contributed by atoms with Crippen molar-refractivity contribution >= 4 is 23.3 Å². The number of allylic oxidation sites excluding steroid dienone is 2. The molecule has 0 spiro atoms. The third-order valence-corrected chi connectivity index (χ3v) is 5.97. The van der Waals surface area contributed by atoms with Crippen LogP contribution in [-0.4, -0.2) is 23.7 Å². The number of nitrogens with zero attached hydrogens (tertiary/aromatic N) is 1. The molecule has 1 saturated heterocycles. The topological polar surface area (TPSA) is 63.7 Å². The van der Waals surface area contributed by atoms with Crippen LogP contribution in [0.25, 0.3) is 0 Å². The summed E-state index contributed by atoms with van der Waals surface area (Å²) in [4.78, 5) is 39.9. The number of hydrogen-bond donors (Lipinski definition) is 0. The van der Waals surface area contributed by atoms with Gasteiger partial charge in [-0.1, -0.05) is 55.0 Å². The second kappa shape index (κ2) is 7.90. The van der Waals surface area contributed by atoms with E-state index < -0.39 is 6.10 Å². The number of Topliss-reactive ketones (excluding diaryl/α,β-unsaturated/α-hetero) is 1. The molecule has 0 saturated carbocycles. The van der Waals surface area contributed by atoms with E-state index in [1.807, 2.05) is 38.1 Å². The van der Waals surface area contributed by atoms with Crippen LogP contribution in [0.15, 0.2) is 60.7 Å². The van der Waals surface area contributed by atoms with Gasteiger partial charge >= 0.3 is 0 Å². The van der Waals surface area contributed by atoms with Crippen molar-refractivity contribution in [2.75, 3.05) is 4.90 Å². The minimum Gasteiger partial charge on any atom is -0.482 e. The molecule has 1 aliphatic heterocycles. The minimum atomic E-state index is -0.695. The summed E-state index contributed by atoms with van der Waals surface area (Å²) in [6.45, 7) is 5.64. The molecule has 0 unspecified atom stereocenters. The number of rotatable bonds is 5. The quantitative estimate of drug-likeness (QED) is 0.423. The number of hydrogen-bond acceptors (Lipinski definition) is 4. The zero-order valence-electron chi connectivity index (χ0n) is 17.4. The molecule has 0 radical (unpaired) electrons. The number of carbonyl (C=O) groups excluding carboxylic acids is 3. The number of anilines is 1. The van der Waals surface area contributed by atoms with Crippen LogP contribution in [0.1, 0.15) is 36.2 Å². The van der Waals surface area contributed by atoms with E-state index in [1.165, 1.54) is 4.90 Å². The SMILES string of the molecule is Cc1ccc(C(=O)[C@H](C)Oc2cccc(N3C(=O)[C@@H]4[C@H](C)C=CC[C@H]4C3=O)c2)cc1. The molecule has 5 heteroatoms. The molecule has 30 heavy (non-hydrogen) atoms. The lowest BCUT2D eigenvalue weighted by Gasteiger charge is -2.22. The highest BCUT2D eigenvalue weighted by Gasteiger charge is 2.50. The fourth-order valence-corrected chi connectivity index (χ4v) is 4.31. The van der Waals surface area contributed by atoms with E-state index in [2.05, 4.69) is 0 Å². The zero-order chi connectivity index (χ0) is 21.4. The van der Waals surface area contributed by atoms with Gasteiger partial charge in [0.05, 0.1) is 17.5 Å². The van der Waals surface area contributed by atoms with Crippen molar-refractivity contribution in [2.24, 2.45) is 17.8 Å². The Morgan fingerprint density at radius 1 is 1.10 bits per heavy atom. The van der Waals surface area contributed by atoms with Crippen LogP contribution < -0.4 is 9.64 Å². The average molecular weight is 403 g/mol. The predicted octanol–water partition coefficient (Wildman–Crippen LogP) is 4.35. The Balaban J connectivity index is 1.53. The second-order valence-corrected chi connectivity index (χ2v) is 8.15. The lowest BCUT2D eigenvalue weighted by Crippen LogP contribution is -2.31. The van der Waals surface area contributed by atoms with Crippen molar-refractivity contribution in [1.29, 1.82) is 0 Å². The Bertz CT molecular complexity index is 1020. The van der Waals surface area contributed by atoms with Crippen LogP contribution in [0, 0.1) is 24.7 Å². The van der Waals surface area contributed by atoms with Crippen LogP contribution in [0.2, 0.25) is 0 Å². The first kappa shape index (κ1) is 20.1. The fourth-order valence-electron chi connectivity index (χ4n) is 4.31. The molecule has 4 rings (SSSR count). The van der Waals surface area contributed by atoms with E-state index in [0.29, 0.717) is 23.4 Å². The molecule has 1 aliphatic carbocycles. The van der Waals surface area contributed by atoms with Gasteiger partial charge in [-0.25, -0.2) is 4.90 Å². The second-order valence-electron chi connectivity index (χ2n) is 8.15. The Hall–Kier alpha value is -3.21. The van der Waals surface area contributed by atoms with Crippen molar-refractivity contribution in [3.63, 3.8) is 0 Å².